The maximum Gasteiger partial charge on any atom is 0.437 e. The average molecular weight is 541 g/mol. The molecule has 2 heterocycles. The molecule has 0 saturated carbocycles. The fourth-order valence-corrected chi connectivity index (χ4v) is 4.14. The predicted octanol–water partition coefficient (Wildman–Crippen LogP) is 5.02. The van der Waals surface area contributed by atoms with E-state index in [0.29, 0.717) is 38.1 Å². The van der Waals surface area contributed by atoms with Gasteiger partial charge in [-0.3, -0.25) is 9.59 Å². The SMILES string of the molecule is COC(=O)C1CCN(C(=O)c2ccc(Nc3nc4c(N)cc(C(F)(F)F)cc4nc3C(F)(F)F)cc2)CC1. The van der Waals surface area contributed by atoms with Crippen LogP contribution in [-0.2, 0) is 21.9 Å². The van der Waals surface area contributed by atoms with E-state index in [-0.39, 0.29) is 34.6 Å². The highest BCUT2D eigenvalue weighted by molar-refractivity contribution is 5.95. The van der Waals surface area contributed by atoms with Crippen LogP contribution >= 0.6 is 0 Å². The summed E-state index contributed by atoms with van der Waals surface area (Å²) in [4.78, 5) is 33.2. The van der Waals surface area contributed by atoms with Gasteiger partial charge >= 0.3 is 18.3 Å². The van der Waals surface area contributed by atoms with Gasteiger partial charge in [-0.1, -0.05) is 0 Å². The molecule has 0 unspecified atom stereocenters. The summed E-state index contributed by atoms with van der Waals surface area (Å²) in [5.41, 5.74) is 1.78. The minimum atomic E-state index is -5.04. The van der Waals surface area contributed by atoms with Crippen molar-refractivity contribution < 1.29 is 40.7 Å². The van der Waals surface area contributed by atoms with Gasteiger partial charge in [-0.25, -0.2) is 9.97 Å². The van der Waals surface area contributed by atoms with Crippen LogP contribution in [-0.4, -0.2) is 46.9 Å². The molecule has 1 aromatic heterocycles. The number of fused-ring (bicyclic) bond motifs is 1. The van der Waals surface area contributed by atoms with Gasteiger partial charge in [-0.05, 0) is 49.2 Å². The number of nitrogens with zero attached hydrogens (tertiary/aromatic N) is 3. The van der Waals surface area contributed by atoms with Gasteiger partial charge in [0.05, 0.1) is 29.8 Å². The van der Waals surface area contributed by atoms with Gasteiger partial charge in [-0.2, -0.15) is 26.3 Å². The summed E-state index contributed by atoms with van der Waals surface area (Å²) in [6.07, 6.45) is -8.98. The molecule has 3 N–H and O–H groups in total. The van der Waals surface area contributed by atoms with Crippen LogP contribution < -0.4 is 11.1 Å². The maximum atomic E-state index is 13.7. The number of carbonyl (C=O) groups is 2. The lowest BCUT2D eigenvalue weighted by Crippen LogP contribution is -2.40. The summed E-state index contributed by atoms with van der Waals surface area (Å²) in [6, 6.07) is 6.55. The molecule has 0 atom stereocenters. The smallest absolute Gasteiger partial charge is 0.437 e. The van der Waals surface area contributed by atoms with Crippen LogP contribution in [0.2, 0.25) is 0 Å². The molecular formula is C24H21F6N5O3. The number of nitrogens with two attached hydrogens (primary N) is 1. The molecule has 4 rings (SSSR count). The van der Waals surface area contributed by atoms with Crippen molar-refractivity contribution in [1.29, 1.82) is 0 Å². The number of methoxy groups -OCH3 is 1. The molecule has 1 aliphatic heterocycles. The van der Waals surface area contributed by atoms with Gasteiger partial charge in [-0.15, -0.1) is 0 Å². The first kappa shape index (κ1) is 26.9. The zero-order valence-corrected chi connectivity index (χ0v) is 19.8. The summed E-state index contributed by atoms with van der Waals surface area (Å²) in [5, 5.41) is 2.47. The number of nitrogen functional groups attached to an aromatic ring is 1. The quantitative estimate of drug-likeness (QED) is 0.271. The number of halogens is 6. The monoisotopic (exact) mass is 541 g/mol. The Morgan fingerprint density at radius 2 is 1.63 bits per heavy atom. The Hall–Kier alpha value is -4.10. The number of piperidine rings is 1. The standard InChI is InChI=1S/C24H21F6N5O3/c1-38-22(37)13-6-8-35(9-7-13)21(36)12-2-4-15(5-3-12)32-20-19(24(28,29)30)33-17-11-14(23(25,26)27)10-16(31)18(17)34-20/h2-5,10-11,13H,6-9,31H2,1H3,(H,32,34). The lowest BCUT2D eigenvalue weighted by atomic mass is 9.96. The molecule has 8 nitrogen and oxygen atoms in total. The number of amides is 1. The Labute approximate surface area is 211 Å². The number of anilines is 3. The number of hydrogen-bond donors (Lipinski definition) is 2. The molecule has 0 radical (unpaired) electrons. The molecule has 0 aliphatic carbocycles. The van der Waals surface area contributed by atoms with Gasteiger partial charge in [0.1, 0.15) is 5.52 Å². The fourth-order valence-electron chi connectivity index (χ4n) is 4.14. The summed E-state index contributed by atoms with van der Waals surface area (Å²) in [5.74, 6) is -1.68. The second kappa shape index (κ2) is 9.99. The first-order valence-corrected chi connectivity index (χ1v) is 11.3. The van der Waals surface area contributed by atoms with Crippen LogP contribution in [0.1, 0.15) is 34.5 Å². The number of aromatic nitrogens is 2. The van der Waals surface area contributed by atoms with Crippen LogP contribution in [0.5, 0.6) is 0 Å². The number of ether oxygens (including phenoxy) is 1. The number of alkyl halides is 6. The number of rotatable bonds is 4. The highest BCUT2D eigenvalue weighted by atomic mass is 19.4. The lowest BCUT2D eigenvalue weighted by molar-refractivity contribution is -0.147. The number of nitrogens with one attached hydrogen (secondary N) is 1. The number of benzene rings is 2. The molecule has 1 fully saturated rings. The minimum absolute atomic E-state index is 0.121. The Morgan fingerprint density at radius 3 is 2.18 bits per heavy atom. The normalized spacial score (nSPS) is 15.0. The Kier molecular flexibility index (Phi) is 7.08. The Bertz CT molecular complexity index is 1370. The highest BCUT2D eigenvalue weighted by Crippen LogP contribution is 2.38. The molecular weight excluding hydrogens is 520 g/mol. The van der Waals surface area contributed by atoms with E-state index in [1.807, 2.05) is 0 Å². The third-order valence-corrected chi connectivity index (χ3v) is 6.11. The van der Waals surface area contributed by atoms with E-state index in [9.17, 15) is 35.9 Å². The summed E-state index contributed by atoms with van der Waals surface area (Å²) < 4.78 is 85.1. The van der Waals surface area contributed by atoms with Crippen molar-refractivity contribution in [2.24, 2.45) is 5.92 Å². The average Bonchev–Trinajstić information content (AvgIpc) is 2.87. The molecule has 202 valence electrons. The summed E-state index contributed by atoms with van der Waals surface area (Å²) >= 11 is 0. The molecule has 1 aliphatic rings. The molecule has 1 amide bonds. The summed E-state index contributed by atoms with van der Waals surface area (Å²) in [6.45, 7) is 0.690. The molecule has 1 saturated heterocycles. The first-order valence-electron chi connectivity index (χ1n) is 11.3. The first-order chi connectivity index (χ1) is 17.8. The van der Waals surface area contributed by atoms with E-state index in [4.69, 9.17) is 10.5 Å². The molecule has 0 spiro atoms. The number of hydrogen-bond acceptors (Lipinski definition) is 7. The van der Waals surface area contributed by atoms with Crippen molar-refractivity contribution in [3.63, 3.8) is 0 Å². The predicted molar refractivity (Wildman–Crippen MR) is 124 cm³/mol. The molecule has 38 heavy (non-hydrogen) atoms. The fraction of sp³-hybridized carbons (Fsp3) is 0.333. The molecule has 2 aromatic carbocycles. The van der Waals surface area contributed by atoms with Crippen LogP contribution in [0.15, 0.2) is 36.4 Å². The van der Waals surface area contributed by atoms with Crippen LogP contribution in [0.3, 0.4) is 0 Å². The van der Waals surface area contributed by atoms with E-state index < -0.39 is 40.6 Å². The molecule has 3 aromatic rings. The van der Waals surface area contributed by atoms with Gasteiger partial charge in [0.25, 0.3) is 5.91 Å². The zero-order valence-electron chi connectivity index (χ0n) is 19.8. The van der Waals surface area contributed by atoms with E-state index >= 15 is 0 Å². The molecule has 0 bridgehead atoms. The topological polar surface area (TPSA) is 110 Å². The van der Waals surface area contributed by atoms with Crippen molar-refractivity contribution in [1.82, 2.24) is 14.9 Å². The Morgan fingerprint density at radius 1 is 1.00 bits per heavy atom. The van der Waals surface area contributed by atoms with Gasteiger partial charge in [0, 0.05) is 24.3 Å². The minimum Gasteiger partial charge on any atom is -0.469 e. The third kappa shape index (κ3) is 5.58. The third-order valence-electron chi connectivity index (χ3n) is 6.11. The Balaban J connectivity index is 1.57. The number of esters is 1. The number of likely N-dealkylation sites (tertiary alicyclic amines) is 1. The van der Waals surface area contributed by atoms with Crippen molar-refractivity contribution in [2.45, 2.75) is 25.2 Å². The largest absolute Gasteiger partial charge is 0.469 e. The molecule has 14 heteroatoms. The second-order valence-electron chi connectivity index (χ2n) is 8.64. The van der Waals surface area contributed by atoms with E-state index in [1.165, 1.54) is 31.4 Å². The van der Waals surface area contributed by atoms with Crippen molar-refractivity contribution in [3.05, 3.63) is 53.2 Å². The number of carbonyl (C=O) groups excluding carboxylic acids is 2. The van der Waals surface area contributed by atoms with Gasteiger partial charge in [0.2, 0.25) is 0 Å². The van der Waals surface area contributed by atoms with Crippen molar-refractivity contribution in [3.8, 4) is 0 Å². The van der Waals surface area contributed by atoms with Crippen LogP contribution in [0, 0.1) is 5.92 Å². The van der Waals surface area contributed by atoms with Crippen LogP contribution in [0.25, 0.3) is 11.0 Å². The second-order valence-corrected chi connectivity index (χ2v) is 8.64. The van der Waals surface area contributed by atoms with E-state index in [0.717, 1.165) is 0 Å². The van der Waals surface area contributed by atoms with Crippen molar-refractivity contribution in [2.75, 3.05) is 31.2 Å². The van der Waals surface area contributed by atoms with E-state index in [1.54, 1.807) is 4.90 Å². The van der Waals surface area contributed by atoms with Gasteiger partial charge in [0.15, 0.2) is 11.5 Å². The highest BCUT2D eigenvalue weighted by Gasteiger charge is 2.38. The maximum absolute atomic E-state index is 13.7. The van der Waals surface area contributed by atoms with Gasteiger partial charge < -0.3 is 20.7 Å². The van der Waals surface area contributed by atoms with Crippen LogP contribution in [0.4, 0.5) is 43.5 Å². The van der Waals surface area contributed by atoms with E-state index in [2.05, 4.69) is 15.3 Å². The lowest BCUT2D eigenvalue weighted by Gasteiger charge is -2.30. The summed E-state index contributed by atoms with van der Waals surface area (Å²) in [7, 11) is 1.30. The zero-order chi connectivity index (χ0) is 27.8. The van der Waals surface area contributed by atoms with Crippen molar-refractivity contribution >= 4 is 40.1 Å².